The van der Waals surface area contributed by atoms with Gasteiger partial charge in [0.05, 0.1) is 4.75 Å². The molecular weight excluding hydrogens is 312 g/mol. The number of aromatic nitrogens is 3. The number of nitrogens with zero attached hydrogens (tertiary/aromatic N) is 4. The van der Waals surface area contributed by atoms with Gasteiger partial charge in [0, 0.05) is 43.7 Å². The van der Waals surface area contributed by atoms with Crippen LogP contribution in [-0.2, 0) is 0 Å². The number of likely N-dealkylation sites (tertiary alicyclic amines) is 1. The molecule has 0 N–H and O–H groups in total. The van der Waals surface area contributed by atoms with E-state index in [9.17, 15) is 4.79 Å². The van der Waals surface area contributed by atoms with Gasteiger partial charge >= 0.3 is 0 Å². The molecule has 0 bridgehead atoms. The van der Waals surface area contributed by atoms with E-state index in [0.717, 1.165) is 25.3 Å². The summed E-state index contributed by atoms with van der Waals surface area (Å²) in [4.78, 5) is 26.2. The minimum absolute atomic E-state index is 0.0206. The van der Waals surface area contributed by atoms with Crippen molar-refractivity contribution in [2.75, 3.05) is 18.8 Å². The van der Waals surface area contributed by atoms with Crippen molar-refractivity contribution in [1.82, 2.24) is 19.9 Å². The minimum atomic E-state index is -0.0206. The topological polar surface area (TPSA) is 68.2 Å². The molecule has 6 nitrogen and oxygen atoms in total. The Balaban J connectivity index is 1.34. The lowest BCUT2D eigenvalue weighted by atomic mass is 9.92. The molecule has 2 aromatic rings. The number of carbonyl (C=O) groups is 1. The zero-order chi connectivity index (χ0) is 15.7. The fraction of sp³-hybridized carbons (Fsp3) is 0.375. The van der Waals surface area contributed by atoms with Gasteiger partial charge in [0.15, 0.2) is 0 Å². The number of ether oxygens (including phenoxy) is 1. The Morgan fingerprint density at radius 3 is 2.91 bits per heavy atom. The zero-order valence-electron chi connectivity index (χ0n) is 12.5. The Kier molecular flexibility index (Phi) is 3.65. The molecule has 7 heteroatoms. The SMILES string of the molecule is O=C(c1ccncn1)N1CC2(C[C@@H](Oc3ccccn3)CS2)C1. The highest BCUT2D eigenvalue weighted by Crippen LogP contribution is 2.46. The zero-order valence-corrected chi connectivity index (χ0v) is 13.3. The van der Waals surface area contributed by atoms with Gasteiger partial charge in [-0.1, -0.05) is 6.07 Å². The number of hydrogen-bond acceptors (Lipinski definition) is 6. The van der Waals surface area contributed by atoms with Crippen molar-refractivity contribution in [3.05, 3.63) is 48.7 Å². The molecule has 2 aliphatic rings. The first-order valence-electron chi connectivity index (χ1n) is 7.51. The molecular formula is C16H16N4O2S. The van der Waals surface area contributed by atoms with E-state index in [1.165, 1.54) is 6.33 Å². The summed E-state index contributed by atoms with van der Waals surface area (Å²) in [7, 11) is 0. The van der Waals surface area contributed by atoms with E-state index in [2.05, 4.69) is 15.0 Å². The quantitative estimate of drug-likeness (QED) is 0.853. The molecule has 4 heterocycles. The first-order valence-corrected chi connectivity index (χ1v) is 8.50. The summed E-state index contributed by atoms with van der Waals surface area (Å²) in [5.41, 5.74) is 0.458. The average Bonchev–Trinajstić information content (AvgIpc) is 2.99. The van der Waals surface area contributed by atoms with Gasteiger partial charge in [0.1, 0.15) is 18.1 Å². The Bertz CT molecular complexity index is 692. The summed E-state index contributed by atoms with van der Waals surface area (Å²) >= 11 is 1.90. The van der Waals surface area contributed by atoms with Gasteiger partial charge in [0.25, 0.3) is 5.91 Å². The maximum absolute atomic E-state index is 12.3. The molecule has 1 amide bonds. The van der Waals surface area contributed by atoms with Crippen LogP contribution in [0.15, 0.2) is 43.0 Å². The minimum Gasteiger partial charge on any atom is -0.473 e. The second-order valence-corrected chi connectivity index (χ2v) is 7.35. The molecule has 23 heavy (non-hydrogen) atoms. The lowest BCUT2D eigenvalue weighted by Crippen LogP contribution is -2.61. The van der Waals surface area contributed by atoms with Gasteiger partial charge in [0.2, 0.25) is 5.88 Å². The van der Waals surface area contributed by atoms with Gasteiger partial charge in [-0.3, -0.25) is 4.79 Å². The van der Waals surface area contributed by atoms with Crippen molar-refractivity contribution >= 4 is 17.7 Å². The van der Waals surface area contributed by atoms with E-state index in [1.807, 2.05) is 34.9 Å². The first kappa shape index (κ1) is 14.4. The van der Waals surface area contributed by atoms with Gasteiger partial charge in [-0.2, -0.15) is 0 Å². The van der Waals surface area contributed by atoms with Gasteiger partial charge < -0.3 is 9.64 Å². The molecule has 0 aromatic carbocycles. The molecule has 0 radical (unpaired) electrons. The highest BCUT2D eigenvalue weighted by molar-refractivity contribution is 8.01. The molecule has 0 saturated carbocycles. The predicted molar refractivity (Wildman–Crippen MR) is 86.4 cm³/mol. The summed E-state index contributed by atoms with van der Waals surface area (Å²) < 4.78 is 6.06. The summed E-state index contributed by atoms with van der Waals surface area (Å²) in [5.74, 6) is 1.59. The standard InChI is InChI=1S/C16H16N4O2S/c21-15(13-4-6-17-11-19-13)20-9-16(10-20)7-12(8-23-16)22-14-3-1-2-5-18-14/h1-6,11-12H,7-10H2/t12-/m1/s1. The highest BCUT2D eigenvalue weighted by Gasteiger charge is 2.51. The van der Waals surface area contributed by atoms with Crippen LogP contribution in [0.1, 0.15) is 16.9 Å². The Morgan fingerprint density at radius 1 is 1.26 bits per heavy atom. The fourth-order valence-electron chi connectivity index (χ4n) is 3.06. The largest absolute Gasteiger partial charge is 0.473 e. The van der Waals surface area contributed by atoms with Crippen molar-refractivity contribution in [2.24, 2.45) is 0 Å². The highest BCUT2D eigenvalue weighted by atomic mass is 32.2. The summed E-state index contributed by atoms with van der Waals surface area (Å²) in [6.07, 6.45) is 5.84. The Morgan fingerprint density at radius 2 is 2.17 bits per heavy atom. The molecule has 0 unspecified atom stereocenters. The lowest BCUT2D eigenvalue weighted by molar-refractivity contribution is 0.0510. The molecule has 1 spiro atoms. The number of thioether (sulfide) groups is 1. The van der Waals surface area contributed by atoms with Crippen molar-refractivity contribution in [1.29, 1.82) is 0 Å². The first-order chi connectivity index (χ1) is 11.2. The Labute approximate surface area is 138 Å². The number of pyridine rings is 1. The fourth-order valence-corrected chi connectivity index (χ4v) is 4.58. The van der Waals surface area contributed by atoms with Gasteiger partial charge in [-0.15, -0.1) is 11.8 Å². The van der Waals surface area contributed by atoms with Crippen LogP contribution >= 0.6 is 11.8 Å². The van der Waals surface area contributed by atoms with Crippen molar-refractivity contribution in [3.8, 4) is 5.88 Å². The van der Waals surface area contributed by atoms with Crippen molar-refractivity contribution < 1.29 is 9.53 Å². The lowest BCUT2D eigenvalue weighted by Gasteiger charge is -2.47. The molecule has 4 rings (SSSR count). The number of amides is 1. The maximum Gasteiger partial charge on any atom is 0.272 e. The van der Waals surface area contributed by atoms with E-state index >= 15 is 0 Å². The monoisotopic (exact) mass is 328 g/mol. The maximum atomic E-state index is 12.3. The van der Waals surface area contributed by atoms with Crippen LogP contribution < -0.4 is 4.74 Å². The van der Waals surface area contributed by atoms with E-state index in [0.29, 0.717) is 11.6 Å². The summed E-state index contributed by atoms with van der Waals surface area (Å²) in [6.45, 7) is 1.51. The second-order valence-electron chi connectivity index (χ2n) is 5.86. The molecule has 2 fully saturated rings. The van der Waals surface area contributed by atoms with E-state index in [-0.39, 0.29) is 16.8 Å². The smallest absolute Gasteiger partial charge is 0.272 e. The van der Waals surface area contributed by atoms with Crippen LogP contribution in [0.5, 0.6) is 5.88 Å². The average molecular weight is 328 g/mol. The third-order valence-corrected chi connectivity index (χ3v) is 5.72. The molecule has 2 aromatic heterocycles. The third kappa shape index (κ3) is 2.88. The number of hydrogen-bond donors (Lipinski definition) is 0. The van der Waals surface area contributed by atoms with Gasteiger partial charge in [-0.05, 0) is 12.1 Å². The van der Waals surface area contributed by atoms with Crippen LogP contribution in [0, 0.1) is 0 Å². The van der Waals surface area contributed by atoms with Crippen LogP contribution in [0.2, 0.25) is 0 Å². The Hall–Kier alpha value is -2.15. The molecule has 118 valence electrons. The van der Waals surface area contributed by atoms with Crippen LogP contribution in [0.25, 0.3) is 0 Å². The third-order valence-electron chi connectivity index (χ3n) is 4.15. The summed E-state index contributed by atoms with van der Waals surface area (Å²) in [5, 5.41) is 0. The second kappa shape index (κ2) is 5.81. The van der Waals surface area contributed by atoms with Crippen molar-refractivity contribution in [3.63, 3.8) is 0 Å². The number of rotatable bonds is 3. The number of carbonyl (C=O) groups excluding carboxylic acids is 1. The molecule has 1 atom stereocenters. The predicted octanol–water partition coefficient (Wildman–Crippen LogP) is 1.65. The van der Waals surface area contributed by atoms with Crippen LogP contribution in [0.3, 0.4) is 0 Å². The van der Waals surface area contributed by atoms with Gasteiger partial charge in [-0.25, -0.2) is 15.0 Å². The van der Waals surface area contributed by atoms with E-state index < -0.39 is 0 Å². The van der Waals surface area contributed by atoms with Crippen LogP contribution in [-0.4, -0.2) is 55.5 Å². The van der Waals surface area contributed by atoms with E-state index in [4.69, 9.17) is 4.74 Å². The van der Waals surface area contributed by atoms with Crippen LogP contribution in [0.4, 0.5) is 0 Å². The molecule has 2 saturated heterocycles. The van der Waals surface area contributed by atoms with Crippen molar-refractivity contribution in [2.45, 2.75) is 17.3 Å². The normalized spacial score (nSPS) is 21.9. The molecule has 0 aliphatic carbocycles. The molecule has 2 aliphatic heterocycles. The summed E-state index contributed by atoms with van der Waals surface area (Å²) in [6, 6.07) is 7.33. The van der Waals surface area contributed by atoms with E-state index in [1.54, 1.807) is 18.5 Å².